The Bertz CT molecular complexity index is 398. The fraction of sp³-hybridized carbons (Fsp3) is 0.111. The Kier molecular flexibility index (Phi) is 3.48. The lowest BCUT2D eigenvalue weighted by atomic mass is 10.2. The number of nitrogens with zero attached hydrogens (tertiary/aromatic N) is 1. The van der Waals surface area contributed by atoms with E-state index in [-0.39, 0.29) is 22.7 Å². The van der Waals surface area contributed by atoms with Gasteiger partial charge < -0.3 is 10.4 Å². The van der Waals surface area contributed by atoms with E-state index in [9.17, 15) is 9.90 Å². The zero-order valence-electron chi connectivity index (χ0n) is 7.12. The topological polar surface area (TPSA) is 73.1 Å². The van der Waals surface area contributed by atoms with Gasteiger partial charge in [-0.2, -0.15) is 5.26 Å². The molecule has 0 aromatic heterocycles. The summed E-state index contributed by atoms with van der Waals surface area (Å²) in [7, 11) is 0. The van der Waals surface area contributed by atoms with Crippen LogP contribution in [0.3, 0.4) is 0 Å². The minimum Gasteiger partial charge on any atom is -0.506 e. The highest BCUT2D eigenvalue weighted by molar-refractivity contribution is 9.09. The molecule has 72 valence electrons. The Morgan fingerprint density at radius 1 is 1.64 bits per heavy atom. The Hall–Kier alpha value is -1.54. The summed E-state index contributed by atoms with van der Waals surface area (Å²) in [5.41, 5.74) is 0.626. The van der Waals surface area contributed by atoms with E-state index in [1.165, 1.54) is 18.2 Å². The monoisotopic (exact) mass is 254 g/mol. The third-order valence-electron chi connectivity index (χ3n) is 1.52. The van der Waals surface area contributed by atoms with Crippen LogP contribution in [0.5, 0.6) is 5.75 Å². The smallest absolute Gasteiger partial charge is 0.235 e. The van der Waals surface area contributed by atoms with Gasteiger partial charge in [-0.05, 0) is 18.2 Å². The number of anilines is 1. The lowest BCUT2D eigenvalue weighted by Crippen LogP contribution is -2.12. The van der Waals surface area contributed by atoms with Crippen LogP contribution in [0.15, 0.2) is 18.2 Å². The van der Waals surface area contributed by atoms with Crippen molar-refractivity contribution in [3.63, 3.8) is 0 Å². The van der Waals surface area contributed by atoms with E-state index < -0.39 is 0 Å². The summed E-state index contributed by atoms with van der Waals surface area (Å²) in [6.07, 6.45) is 0. The number of nitriles is 1. The average molecular weight is 255 g/mol. The van der Waals surface area contributed by atoms with Crippen LogP contribution in [-0.4, -0.2) is 16.3 Å². The zero-order valence-corrected chi connectivity index (χ0v) is 8.71. The molecule has 0 aliphatic carbocycles. The number of aromatic hydroxyl groups is 1. The summed E-state index contributed by atoms with van der Waals surface area (Å²) >= 11 is 2.97. The summed E-state index contributed by atoms with van der Waals surface area (Å²) in [5.74, 6) is -0.339. The predicted molar refractivity (Wildman–Crippen MR) is 55.2 cm³/mol. The molecule has 1 aromatic carbocycles. The van der Waals surface area contributed by atoms with E-state index in [4.69, 9.17) is 5.26 Å². The van der Waals surface area contributed by atoms with Crippen molar-refractivity contribution in [3.05, 3.63) is 23.8 Å². The normalized spacial score (nSPS) is 9.14. The number of hydrogen-bond acceptors (Lipinski definition) is 3. The molecule has 0 aliphatic rings. The molecule has 0 atom stereocenters. The van der Waals surface area contributed by atoms with E-state index in [0.717, 1.165) is 0 Å². The van der Waals surface area contributed by atoms with Crippen molar-refractivity contribution in [3.8, 4) is 11.8 Å². The van der Waals surface area contributed by atoms with E-state index in [0.29, 0.717) is 5.56 Å². The first-order valence-corrected chi connectivity index (χ1v) is 4.88. The van der Waals surface area contributed by atoms with Crippen molar-refractivity contribution in [2.75, 3.05) is 10.6 Å². The summed E-state index contributed by atoms with van der Waals surface area (Å²) in [5, 5.41) is 20.5. The molecule has 1 rings (SSSR count). The molecule has 5 heteroatoms. The Balaban J connectivity index is 2.96. The SMILES string of the molecule is N#Cc1ccc(O)c(NC(=O)CBr)c1. The number of amides is 1. The maximum atomic E-state index is 11.0. The van der Waals surface area contributed by atoms with E-state index in [2.05, 4.69) is 21.2 Å². The number of rotatable bonds is 2. The minimum absolute atomic E-state index is 0.0571. The van der Waals surface area contributed by atoms with Crippen LogP contribution in [-0.2, 0) is 4.79 Å². The zero-order chi connectivity index (χ0) is 10.6. The van der Waals surface area contributed by atoms with Gasteiger partial charge in [0.05, 0.1) is 22.7 Å². The molecule has 0 heterocycles. The highest BCUT2D eigenvalue weighted by Crippen LogP contribution is 2.23. The largest absolute Gasteiger partial charge is 0.506 e. The summed E-state index contributed by atoms with van der Waals surface area (Å²) in [6, 6.07) is 6.16. The number of phenolic OH excluding ortho intramolecular Hbond substituents is 1. The molecule has 1 aromatic rings. The molecule has 0 spiro atoms. The van der Waals surface area contributed by atoms with Crippen molar-refractivity contribution in [2.24, 2.45) is 0 Å². The quantitative estimate of drug-likeness (QED) is 0.622. The maximum absolute atomic E-state index is 11.0. The second kappa shape index (κ2) is 4.63. The number of alkyl halides is 1. The highest BCUT2D eigenvalue weighted by Gasteiger charge is 2.05. The van der Waals surface area contributed by atoms with Gasteiger partial charge in [-0.3, -0.25) is 4.79 Å². The minimum atomic E-state index is -0.282. The molecule has 0 bridgehead atoms. The fourth-order valence-corrected chi connectivity index (χ4v) is 1.03. The molecule has 14 heavy (non-hydrogen) atoms. The second-order valence-corrected chi connectivity index (χ2v) is 3.09. The number of hydrogen-bond donors (Lipinski definition) is 2. The Labute approximate surface area is 89.3 Å². The first-order chi connectivity index (χ1) is 6.67. The molecule has 0 radical (unpaired) electrons. The van der Waals surface area contributed by atoms with Crippen molar-refractivity contribution in [1.29, 1.82) is 5.26 Å². The second-order valence-electron chi connectivity index (χ2n) is 2.53. The van der Waals surface area contributed by atoms with Gasteiger partial charge >= 0.3 is 0 Å². The fourth-order valence-electron chi connectivity index (χ4n) is 0.889. The molecular formula is C9H7BrN2O2. The standard InChI is InChI=1S/C9H7BrN2O2/c10-4-9(14)12-7-3-6(5-11)1-2-8(7)13/h1-3,13H,4H2,(H,12,14). The summed E-state index contributed by atoms with van der Waals surface area (Å²) < 4.78 is 0. The van der Waals surface area contributed by atoms with Gasteiger partial charge in [0.15, 0.2) is 0 Å². The van der Waals surface area contributed by atoms with Crippen molar-refractivity contribution in [2.45, 2.75) is 0 Å². The third kappa shape index (κ3) is 2.47. The van der Waals surface area contributed by atoms with Crippen LogP contribution in [0.2, 0.25) is 0 Å². The van der Waals surface area contributed by atoms with Crippen LogP contribution in [0, 0.1) is 11.3 Å². The molecular weight excluding hydrogens is 248 g/mol. The number of benzene rings is 1. The Morgan fingerprint density at radius 2 is 2.36 bits per heavy atom. The molecule has 0 aliphatic heterocycles. The van der Waals surface area contributed by atoms with Crippen LogP contribution >= 0.6 is 15.9 Å². The lowest BCUT2D eigenvalue weighted by molar-refractivity contribution is -0.113. The van der Waals surface area contributed by atoms with Crippen LogP contribution in [0.1, 0.15) is 5.56 Å². The number of nitrogens with one attached hydrogen (secondary N) is 1. The van der Waals surface area contributed by atoms with E-state index in [1.54, 1.807) is 0 Å². The molecule has 0 fully saturated rings. The maximum Gasteiger partial charge on any atom is 0.235 e. The highest BCUT2D eigenvalue weighted by atomic mass is 79.9. The number of phenols is 1. The first-order valence-electron chi connectivity index (χ1n) is 3.76. The van der Waals surface area contributed by atoms with Gasteiger partial charge in [0.1, 0.15) is 5.75 Å². The van der Waals surface area contributed by atoms with E-state index in [1.807, 2.05) is 6.07 Å². The summed E-state index contributed by atoms with van der Waals surface area (Å²) in [4.78, 5) is 11.0. The Morgan fingerprint density at radius 3 is 2.93 bits per heavy atom. The number of halogens is 1. The van der Waals surface area contributed by atoms with Crippen LogP contribution < -0.4 is 5.32 Å². The van der Waals surface area contributed by atoms with Gasteiger partial charge in [-0.1, -0.05) is 15.9 Å². The van der Waals surface area contributed by atoms with Gasteiger partial charge in [0.25, 0.3) is 0 Å². The van der Waals surface area contributed by atoms with E-state index >= 15 is 0 Å². The predicted octanol–water partition coefficient (Wildman–Crippen LogP) is 1.60. The van der Waals surface area contributed by atoms with Gasteiger partial charge in [-0.15, -0.1) is 0 Å². The number of carbonyl (C=O) groups excluding carboxylic acids is 1. The molecule has 1 amide bonds. The van der Waals surface area contributed by atoms with Crippen LogP contribution in [0.4, 0.5) is 5.69 Å². The van der Waals surface area contributed by atoms with Crippen molar-refractivity contribution in [1.82, 2.24) is 0 Å². The molecule has 2 N–H and O–H groups in total. The molecule has 4 nitrogen and oxygen atoms in total. The van der Waals surface area contributed by atoms with Gasteiger partial charge in [-0.25, -0.2) is 0 Å². The first kappa shape index (κ1) is 10.5. The third-order valence-corrected chi connectivity index (χ3v) is 2.03. The van der Waals surface area contributed by atoms with Crippen molar-refractivity contribution >= 4 is 27.5 Å². The molecule has 0 unspecified atom stereocenters. The van der Waals surface area contributed by atoms with Crippen LogP contribution in [0.25, 0.3) is 0 Å². The van der Waals surface area contributed by atoms with Gasteiger partial charge in [0.2, 0.25) is 5.91 Å². The van der Waals surface area contributed by atoms with Crippen molar-refractivity contribution < 1.29 is 9.90 Å². The van der Waals surface area contributed by atoms with Gasteiger partial charge in [0, 0.05) is 0 Å². The lowest BCUT2D eigenvalue weighted by Gasteiger charge is -2.05. The average Bonchev–Trinajstić information content (AvgIpc) is 2.21. The number of carbonyl (C=O) groups is 1. The molecule has 0 saturated heterocycles. The summed E-state index contributed by atoms with van der Waals surface area (Å²) in [6.45, 7) is 0. The molecule has 0 saturated carbocycles.